The average molecular weight is 277 g/mol. The molecule has 1 unspecified atom stereocenters. The summed E-state index contributed by atoms with van der Waals surface area (Å²) in [6.07, 6.45) is 1.43. The number of rotatable bonds is 5. The van der Waals surface area contributed by atoms with Gasteiger partial charge in [-0.3, -0.25) is 4.79 Å². The molecule has 0 aliphatic heterocycles. The van der Waals surface area contributed by atoms with Crippen molar-refractivity contribution in [2.75, 3.05) is 12.4 Å². The Hall–Kier alpha value is -0.350. The maximum Gasteiger partial charge on any atom is 0.305 e. The Kier molecular flexibility index (Phi) is 5.19. The van der Waals surface area contributed by atoms with E-state index < -0.39 is 0 Å². The van der Waals surface area contributed by atoms with Gasteiger partial charge in [0.2, 0.25) is 0 Å². The van der Waals surface area contributed by atoms with Gasteiger partial charge < -0.3 is 4.74 Å². The van der Waals surface area contributed by atoms with Crippen molar-refractivity contribution in [1.29, 1.82) is 0 Å². The number of ether oxygens (including phenoxy) is 1. The minimum Gasteiger partial charge on any atom is -0.469 e. The van der Waals surface area contributed by atoms with E-state index in [0.29, 0.717) is 12.3 Å². The molecule has 0 saturated heterocycles. The van der Waals surface area contributed by atoms with E-state index in [1.165, 1.54) is 12.0 Å². The molecule has 4 heteroatoms. The molecule has 2 nitrogen and oxygen atoms in total. The third-order valence-corrected chi connectivity index (χ3v) is 3.79. The normalized spacial score (nSPS) is 12.4. The summed E-state index contributed by atoms with van der Waals surface area (Å²) >= 11 is 5.14. The lowest BCUT2D eigenvalue weighted by molar-refractivity contribution is -0.141. The first-order valence-electron chi connectivity index (χ1n) is 4.41. The molecule has 1 aromatic rings. The van der Waals surface area contributed by atoms with Crippen molar-refractivity contribution in [3.8, 4) is 0 Å². The third kappa shape index (κ3) is 3.80. The number of methoxy groups -OCH3 is 1. The Morgan fingerprint density at radius 1 is 1.71 bits per heavy atom. The highest BCUT2D eigenvalue weighted by Crippen LogP contribution is 2.18. The minimum atomic E-state index is -0.133. The van der Waals surface area contributed by atoms with Crippen molar-refractivity contribution in [1.82, 2.24) is 0 Å². The van der Waals surface area contributed by atoms with Crippen LogP contribution < -0.4 is 0 Å². The molecule has 1 rings (SSSR count). The van der Waals surface area contributed by atoms with Gasteiger partial charge in [-0.25, -0.2) is 0 Å². The van der Waals surface area contributed by atoms with Crippen LogP contribution in [0, 0.1) is 5.92 Å². The van der Waals surface area contributed by atoms with Crippen molar-refractivity contribution in [3.05, 3.63) is 22.4 Å². The van der Waals surface area contributed by atoms with Gasteiger partial charge in [0.05, 0.1) is 7.11 Å². The largest absolute Gasteiger partial charge is 0.469 e. The number of hydrogen-bond donors (Lipinski definition) is 0. The molecule has 0 aromatic carbocycles. The molecule has 0 aliphatic carbocycles. The van der Waals surface area contributed by atoms with Crippen LogP contribution in [-0.2, 0) is 16.0 Å². The summed E-state index contributed by atoms with van der Waals surface area (Å²) in [6, 6.07) is 4.13. The minimum absolute atomic E-state index is 0.133. The van der Waals surface area contributed by atoms with Crippen LogP contribution in [0.1, 0.15) is 11.3 Å². The number of thiophene rings is 1. The van der Waals surface area contributed by atoms with Gasteiger partial charge in [0.25, 0.3) is 0 Å². The lowest BCUT2D eigenvalue weighted by atomic mass is 10.0. The van der Waals surface area contributed by atoms with Crippen molar-refractivity contribution in [3.63, 3.8) is 0 Å². The molecule has 1 heterocycles. The number of alkyl halides is 1. The lowest BCUT2D eigenvalue weighted by Gasteiger charge is -2.10. The van der Waals surface area contributed by atoms with Crippen molar-refractivity contribution < 1.29 is 9.53 Å². The van der Waals surface area contributed by atoms with Gasteiger partial charge in [-0.2, -0.15) is 0 Å². The quantitative estimate of drug-likeness (QED) is 0.611. The molecule has 14 heavy (non-hydrogen) atoms. The second-order valence-electron chi connectivity index (χ2n) is 3.08. The summed E-state index contributed by atoms with van der Waals surface area (Å²) in [5, 5.41) is 2.89. The maximum absolute atomic E-state index is 11.1. The molecule has 0 spiro atoms. The standard InChI is InChI=1S/C10H13BrO2S/c1-13-10(12)6-8(7-11)5-9-3-2-4-14-9/h2-4,8H,5-7H2,1H3. The second-order valence-corrected chi connectivity index (χ2v) is 4.76. The number of carbonyl (C=O) groups is 1. The molecule has 0 amide bonds. The van der Waals surface area contributed by atoms with Crippen LogP contribution in [0.5, 0.6) is 0 Å². The predicted molar refractivity (Wildman–Crippen MR) is 61.9 cm³/mol. The van der Waals surface area contributed by atoms with E-state index >= 15 is 0 Å². The van der Waals surface area contributed by atoms with Gasteiger partial charge >= 0.3 is 5.97 Å². The highest BCUT2D eigenvalue weighted by Gasteiger charge is 2.14. The smallest absolute Gasteiger partial charge is 0.305 e. The number of halogens is 1. The van der Waals surface area contributed by atoms with Gasteiger partial charge in [-0.05, 0) is 23.8 Å². The van der Waals surface area contributed by atoms with Crippen molar-refractivity contribution in [2.45, 2.75) is 12.8 Å². The topological polar surface area (TPSA) is 26.3 Å². The van der Waals surface area contributed by atoms with Gasteiger partial charge in [0.1, 0.15) is 0 Å². The average Bonchev–Trinajstić information content (AvgIpc) is 2.69. The fraction of sp³-hybridized carbons (Fsp3) is 0.500. The Morgan fingerprint density at radius 2 is 2.50 bits per heavy atom. The fourth-order valence-electron chi connectivity index (χ4n) is 1.21. The van der Waals surface area contributed by atoms with Crippen LogP contribution in [0.25, 0.3) is 0 Å². The zero-order chi connectivity index (χ0) is 10.4. The zero-order valence-electron chi connectivity index (χ0n) is 8.03. The van der Waals surface area contributed by atoms with E-state index in [0.717, 1.165) is 11.8 Å². The number of hydrogen-bond acceptors (Lipinski definition) is 3. The van der Waals surface area contributed by atoms with E-state index in [1.807, 2.05) is 6.07 Å². The monoisotopic (exact) mass is 276 g/mol. The predicted octanol–water partition coefficient (Wildman–Crippen LogP) is 2.86. The van der Waals surface area contributed by atoms with Gasteiger partial charge in [0, 0.05) is 16.6 Å². The highest BCUT2D eigenvalue weighted by atomic mass is 79.9. The van der Waals surface area contributed by atoms with Crippen LogP contribution in [0.4, 0.5) is 0 Å². The summed E-state index contributed by atoms with van der Waals surface area (Å²) in [5.41, 5.74) is 0. The fourth-order valence-corrected chi connectivity index (χ4v) is 2.49. The van der Waals surface area contributed by atoms with E-state index in [1.54, 1.807) is 11.3 Å². The molecule has 0 bridgehead atoms. The summed E-state index contributed by atoms with van der Waals surface area (Å²) in [4.78, 5) is 12.4. The summed E-state index contributed by atoms with van der Waals surface area (Å²) in [5.74, 6) is 0.201. The highest BCUT2D eigenvalue weighted by molar-refractivity contribution is 9.09. The van der Waals surface area contributed by atoms with Crippen LogP contribution >= 0.6 is 27.3 Å². The Bertz CT molecular complexity index is 272. The van der Waals surface area contributed by atoms with E-state index in [2.05, 4.69) is 32.1 Å². The van der Waals surface area contributed by atoms with Gasteiger partial charge in [0.15, 0.2) is 0 Å². The zero-order valence-corrected chi connectivity index (χ0v) is 10.4. The second kappa shape index (κ2) is 6.19. The van der Waals surface area contributed by atoms with E-state index in [4.69, 9.17) is 0 Å². The Balaban J connectivity index is 2.43. The number of carbonyl (C=O) groups excluding carboxylic acids is 1. The first-order valence-corrected chi connectivity index (χ1v) is 6.41. The molecule has 1 atom stereocenters. The molecule has 1 aromatic heterocycles. The Labute approximate surface area is 96.4 Å². The molecule has 0 saturated carbocycles. The first kappa shape index (κ1) is 11.7. The molecule has 0 aliphatic rings. The summed E-state index contributed by atoms with van der Waals surface area (Å²) in [7, 11) is 1.43. The van der Waals surface area contributed by atoms with Crippen molar-refractivity contribution in [2.24, 2.45) is 5.92 Å². The van der Waals surface area contributed by atoms with Crippen molar-refractivity contribution >= 4 is 33.2 Å². The first-order chi connectivity index (χ1) is 6.76. The molecule has 78 valence electrons. The maximum atomic E-state index is 11.1. The summed E-state index contributed by atoms with van der Waals surface area (Å²) in [6.45, 7) is 0. The number of esters is 1. The van der Waals surface area contributed by atoms with Gasteiger partial charge in [-0.1, -0.05) is 22.0 Å². The summed E-state index contributed by atoms with van der Waals surface area (Å²) < 4.78 is 4.65. The van der Waals surface area contributed by atoms with Crippen LogP contribution in [0.3, 0.4) is 0 Å². The van der Waals surface area contributed by atoms with Crippen LogP contribution in [0.15, 0.2) is 17.5 Å². The van der Waals surface area contributed by atoms with Crippen LogP contribution in [-0.4, -0.2) is 18.4 Å². The molecule has 0 N–H and O–H groups in total. The lowest BCUT2D eigenvalue weighted by Crippen LogP contribution is -2.13. The SMILES string of the molecule is COC(=O)CC(CBr)Cc1cccs1. The molecular weight excluding hydrogens is 264 g/mol. The van der Waals surface area contributed by atoms with Crippen LogP contribution in [0.2, 0.25) is 0 Å². The molecule has 0 radical (unpaired) electrons. The third-order valence-electron chi connectivity index (χ3n) is 1.97. The van der Waals surface area contributed by atoms with E-state index in [-0.39, 0.29) is 5.97 Å². The van der Waals surface area contributed by atoms with E-state index in [9.17, 15) is 4.79 Å². The molecule has 0 fully saturated rings. The van der Waals surface area contributed by atoms with Gasteiger partial charge in [-0.15, -0.1) is 11.3 Å². The Morgan fingerprint density at radius 3 is 3.00 bits per heavy atom. The molecular formula is C10H13BrO2S.